The number of rotatable bonds is 4. The number of carbonyl (C=O) groups is 1. The third kappa shape index (κ3) is 4.20. The Kier molecular flexibility index (Phi) is 5.47. The van der Waals surface area contributed by atoms with Gasteiger partial charge in [-0.05, 0) is 38.0 Å². The number of sulfonamides is 1. The lowest BCUT2D eigenvalue weighted by molar-refractivity contribution is -0.276. The second-order valence-corrected chi connectivity index (χ2v) is 11.1. The normalized spacial score (nSPS) is 22.6. The van der Waals surface area contributed by atoms with Crippen LogP contribution in [-0.4, -0.2) is 66.7 Å². The molecule has 2 aliphatic heterocycles. The van der Waals surface area contributed by atoms with Crippen LogP contribution in [0.5, 0.6) is 11.8 Å². The van der Waals surface area contributed by atoms with E-state index < -0.39 is 34.0 Å². The SMILES string of the molecule is C[C@@H]1COc2nc(OC(F)(F)F)ccc2C(=O)N1C1CC2(C1)CN(S(=O)(=O)c1ccccc1F)C2. The second kappa shape index (κ2) is 8.05. The summed E-state index contributed by atoms with van der Waals surface area (Å²) in [7, 11) is -3.95. The van der Waals surface area contributed by atoms with E-state index in [4.69, 9.17) is 4.74 Å². The molecule has 3 aliphatic rings. The first-order valence-corrected chi connectivity index (χ1v) is 12.3. The van der Waals surface area contributed by atoms with Gasteiger partial charge in [-0.25, -0.2) is 12.8 Å². The first kappa shape index (κ1) is 23.8. The van der Waals surface area contributed by atoms with Crippen molar-refractivity contribution in [1.82, 2.24) is 14.2 Å². The molecule has 0 bridgehead atoms. The van der Waals surface area contributed by atoms with Crippen molar-refractivity contribution >= 4 is 15.9 Å². The largest absolute Gasteiger partial charge is 0.574 e. The summed E-state index contributed by atoms with van der Waals surface area (Å²) in [6, 6.07) is 6.78. The first-order chi connectivity index (χ1) is 16.4. The molecule has 0 N–H and O–H groups in total. The minimum atomic E-state index is -4.92. The van der Waals surface area contributed by atoms with E-state index in [0.29, 0.717) is 12.8 Å². The molecule has 1 saturated heterocycles. The molecule has 8 nitrogen and oxygen atoms in total. The van der Waals surface area contributed by atoms with Gasteiger partial charge in [-0.3, -0.25) is 4.79 Å². The van der Waals surface area contributed by atoms with Gasteiger partial charge in [0.1, 0.15) is 22.9 Å². The van der Waals surface area contributed by atoms with Crippen LogP contribution in [0.2, 0.25) is 0 Å². The minimum absolute atomic E-state index is 0.0263. The van der Waals surface area contributed by atoms with Crippen LogP contribution in [0.4, 0.5) is 17.6 Å². The Bertz CT molecular complexity index is 1270. The van der Waals surface area contributed by atoms with Crippen LogP contribution in [-0.2, 0) is 10.0 Å². The lowest BCUT2D eigenvalue weighted by Crippen LogP contribution is -2.68. The number of fused-ring (bicyclic) bond motifs is 1. The molecule has 1 saturated carbocycles. The van der Waals surface area contributed by atoms with Crippen molar-refractivity contribution in [3.8, 4) is 11.8 Å². The summed E-state index contributed by atoms with van der Waals surface area (Å²) < 4.78 is 87.6. The number of aromatic nitrogens is 1. The predicted molar refractivity (Wildman–Crippen MR) is 113 cm³/mol. The summed E-state index contributed by atoms with van der Waals surface area (Å²) in [5.74, 6) is -2.18. The summed E-state index contributed by atoms with van der Waals surface area (Å²) in [5.41, 5.74) is -0.274. The van der Waals surface area contributed by atoms with Gasteiger partial charge >= 0.3 is 6.36 Å². The van der Waals surface area contributed by atoms with Crippen molar-refractivity contribution in [2.45, 2.75) is 43.1 Å². The lowest BCUT2D eigenvalue weighted by atomic mass is 9.61. The molecule has 1 spiro atoms. The number of hydrogen-bond acceptors (Lipinski definition) is 6. The number of carbonyl (C=O) groups excluding carboxylic acids is 1. The fraction of sp³-hybridized carbons (Fsp3) is 0.455. The average molecular weight is 515 g/mol. The average Bonchev–Trinajstić information content (AvgIpc) is 2.82. The van der Waals surface area contributed by atoms with Gasteiger partial charge in [-0.1, -0.05) is 12.1 Å². The highest BCUT2D eigenvalue weighted by atomic mass is 32.2. The van der Waals surface area contributed by atoms with E-state index in [1.807, 2.05) is 0 Å². The molecule has 1 aromatic carbocycles. The molecule has 2 fully saturated rings. The van der Waals surface area contributed by atoms with Crippen LogP contribution in [0.15, 0.2) is 41.3 Å². The summed E-state index contributed by atoms with van der Waals surface area (Å²) >= 11 is 0. The highest BCUT2D eigenvalue weighted by molar-refractivity contribution is 7.89. The van der Waals surface area contributed by atoms with Crippen molar-refractivity contribution < 1.29 is 40.2 Å². The van der Waals surface area contributed by atoms with E-state index in [9.17, 15) is 30.8 Å². The second-order valence-electron chi connectivity index (χ2n) is 9.19. The Morgan fingerprint density at radius 3 is 2.49 bits per heavy atom. The number of nitrogens with zero attached hydrogens (tertiary/aromatic N) is 3. The van der Waals surface area contributed by atoms with E-state index in [1.165, 1.54) is 28.6 Å². The van der Waals surface area contributed by atoms with Crippen LogP contribution in [0, 0.1) is 11.2 Å². The van der Waals surface area contributed by atoms with Crippen LogP contribution in [0.25, 0.3) is 0 Å². The molecule has 188 valence electrons. The molecule has 1 atom stereocenters. The fourth-order valence-electron chi connectivity index (χ4n) is 5.08. The summed E-state index contributed by atoms with van der Waals surface area (Å²) in [4.78, 5) is 18.2. The van der Waals surface area contributed by atoms with Gasteiger partial charge < -0.3 is 14.4 Å². The number of alkyl halides is 3. The van der Waals surface area contributed by atoms with Gasteiger partial charge in [-0.2, -0.15) is 9.29 Å². The Morgan fingerprint density at radius 2 is 1.83 bits per heavy atom. The van der Waals surface area contributed by atoms with Gasteiger partial charge in [0, 0.05) is 30.6 Å². The third-order valence-corrected chi connectivity index (χ3v) is 8.49. The number of benzene rings is 1. The van der Waals surface area contributed by atoms with Gasteiger partial charge in [0.2, 0.25) is 21.8 Å². The van der Waals surface area contributed by atoms with Crippen molar-refractivity contribution in [2.75, 3.05) is 19.7 Å². The van der Waals surface area contributed by atoms with E-state index >= 15 is 0 Å². The maximum Gasteiger partial charge on any atom is 0.574 e. The van der Waals surface area contributed by atoms with Gasteiger partial charge in [0.05, 0.1) is 6.04 Å². The summed E-state index contributed by atoms with van der Waals surface area (Å²) in [6.07, 6.45) is -3.83. The maximum atomic E-state index is 14.0. The Balaban J connectivity index is 1.27. The van der Waals surface area contributed by atoms with Gasteiger partial charge in [0.25, 0.3) is 5.91 Å². The first-order valence-electron chi connectivity index (χ1n) is 10.9. The van der Waals surface area contributed by atoms with Crippen LogP contribution in [0.1, 0.15) is 30.1 Å². The van der Waals surface area contributed by atoms with Gasteiger partial charge in [0.15, 0.2) is 0 Å². The number of pyridine rings is 1. The monoisotopic (exact) mass is 515 g/mol. The Labute approximate surface area is 198 Å². The van der Waals surface area contributed by atoms with E-state index in [0.717, 1.165) is 12.1 Å². The molecule has 3 heterocycles. The zero-order chi connectivity index (χ0) is 25.2. The lowest BCUT2D eigenvalue weighted by Gasteiger charge is -2.60. The molecular formula is C22H21F4N3O5S. The predicted octanol–water partition coefficient (Wildman–Crippen LogP) is 3.20. The molecule has 1 amide bonds. The fourth-order valence-corrected chi connectivity index (χ4v) is 6.81. The Morgan fingerprint density at radius 1 is 1.14 bits per heavy atom. The maximum absolute atomic E-state index is 14.0. The number of amides is 1. The Hall–Kier alpha value is -2.93. The van der Waals surface area contributed by atoms with Crippen molar-refractivity contribution in [2.24, 2.45) is 5.41 Å². The van der Waals surface area contributed by atoms with Gasteiger partial charge in [-0.15, -0.1) is 13.2 Å². The highest BCUT2D eigenvalue weighted by Crippen LogP contribution is 2.52. The van der Waals surface area contributed by atoms with Crippen LogP contribution in [0.3, 0.4) is 0 Å². The van der Waals surface area contributed by atoms with Crippen molar-refractivity contribution in [3.05, 3.63) is 47.8 Å². The van der Waals surface area contributed by atoms with E-state index in [-0.39, 0.29) is 53.5 Å². The molecule has 1 aliphatic carbocycles. The zero-order valence-corrected chi connectivity index (χ0v) is 19.3. The number of hydrogen-bond donors (Lipinski definition) is 0. The smallest absolute Gasteiger partial charge is 0.475 e. The molecule has 5 rings (SSSR count). The topological polar surface area (TPSA) is 89.0 Å². The number of ether oxygens (including phenoxy) is 2. The third-order valence-electron chi connectivity index (χ3n) is 6.66. The molecule has 1 aromatic heterocycles. The summed E-state index contributed by atoms with van der Waals surface area (Å²) in [5, 5.41) is 0. The molecule has 2 aromatic rings. The molecule has 35 heavy (non-hydrogen) atoms. The van der Waals surface area contributed by atoms with Crippen LogP contribution < -0.4 is 9.47 Å². The minimum Gasteiger partial charge on any atom is -0.475 e. The highest BCUT2D eigenvalue weighted by Gasteiger charge is 2.58. The molecule has 0 unspecified atom stereocenters. The number of halogens is 4. The van der Waals surface area contributed by atoms with Crippen LogP contribution >= 0.6 is 0 Å². The summed E-state index contributed by atoms with van der Waals surface area (Å²) in [6.45, 7) is 2.24. The van der Waals surface area contributed by atoms with E-state index in [2.05, 4.69) is 9.72 Å². The van der Waals surface area contributed by atoms with Crippen molar-refractivity contribution in [1.29, 1.82) is 0 Å². The quantitative estimate of drug-likeness (QED) is 0.582. The molecular weight excluding hydrogens is 494 g/mol. The van der Waals surface area contributed by atoms with E-state index in [1.54, 1.807) is 11.8 Å². The van der Waals surface area contributed by atoms with Crippen molar-refractivity contribution in [3.63, 3.8) is 0 Å². The standard InChI is InChI=1S/C22H21F4N3O5S/c1-13-10-33-19-15(6-7-18(27-19)34-22(24,25)26)20(30)29(13)14-8-21(9-14)11-28(12-21)35(31,32)17-5-3-2-4-16(17)23/h2-7,13-14H,8-12H2,1H3/t13-/m1/s1. The zero-order valence-electron chi connectivity index (χ0n) is 18.5. The molecule has 13 heteroatoms. The molecule has 0 radical (unpaired) electrons.